The van der Waals surface area contributed by atoms with Crippen LogP contribution in [0.2, 0.25) is 0 Å². The Morgan fingerprint density at radius 2 is 2.00 bits per heavy atom. The average Bonchev–Trinajstić information content (AvgIpc) is 1.65. The summed E-state index contributed by atoms with van der Waals surface area (Å²) < 4.78 is 0. The number of carbonyl (C=O) groups is 2. The van der Waals surface area contributed by atoms with Gasteiger partial charge in [0, 0.05) is 0 Å². The van der Waals surface area contributed by atoms with Crippen LogP contribution in [0.15, 0.2) is 0 Å². The SMILES string of the molecule is NC(=O)NC(=O)CO.S. The Hall–Kier alpha value is -0.750. The molecule has 0 aromatic heterocycles. The van der Waals surface area contributed by atoms with E-state index in [9.17, 15) is 9.59 Å². The molecule has 0 heterocycles. The van der Waals surface area contributed by atoms with Gasteiger partial charge in [0.25, 0.3) is 5.91 Å². The monoisotopic (exact) mass is 152 g/mol. The molecular weight excluding hydrogens is 144 g/mol. The highest BCUT2D eigenvalue weighted by atomic mass is 32.1. The van der Waals surface area contributed by atoms with Crippen molar-refractivity contribution in [3.63, 3.8) is 0 Å². The van der Waals surface area contributed by atoms with Gasteiger partial charge in [0.05, 0.1) is 0 Å². The molecule has 0 bridgehead atoms. The maximum Gasteiger partial charge on any atom is 0.318 e. The fraction of sp³-hybridized carbons (Fsp3) is 0.333. The molecule has 0 aliphatic heterocycles. The molecule has 6 heteroatoms. The van der Waals surface area contributed by atoms with Gasteiger partial charge in [-0.1, -0.05) is 0 Å². The second-order valence-electron chi connectivity index (χ2n) is 1.07. The maximum atomic E-state index is 9.96. The predicted molar refractivity (Wildman–Crippen MR) is 35.2 cm³/mol. The van der Waals surface area contributed by atoms with Crippen molar-refractivity contribution in [3.8, 4) is 0 Å². The number of carbonyl (C=O) groups excluding carboxylic acids is 2. The van der Waals surface area contributed by atoms with Crippen LogP contribution in [0.5, 0.6) is 0 Å². The molecular formula is C3H8N2O3S. The van der Waals surface area contributed by atoms with Gasteiger partial charge in [0.15, 0.2) is 0 Å². The van der Waals surface area contributed by atoms with E-state index in [2.05, 4.69) is 5.73 Å². The van der Waals surface area contributed by atoms with Crippen molar-refractivity contribution in [1.29, 1.82) is 0 Å². The summed E-state index contributed by atoms with van der Waals surface area (Å²) in [6, 6.07) is -0.955. The summed E-state index contributed by atoms with van der Waals surface area (Å²) in [6.07, 6.45) is 0. The van der Waals surface area contributed by atoms with Gasteiger partial charge in [-0.05, 0) is 0 Å². The van der Waals surface area contributed by atoms with Crippen LogP contribution >= 0.6 is 13.5 Å². The number of primary amides is 1. The Balaban J connectivity index is 0. The second kappa shape index (κ2) is 5.39. The Bertz CT molecular complexity index is 116. The second-order valence-corrected chi connectivity index (χ2v) is 1.07. The number of aliphatic hydroxyl groups excluding tert-OH is 1. The third-order valence-electron chi connectivity index (χ3n) is 0.406. The molecule has 0 saturated heterocycles. The van der Waals surface area contributed by atoms with E-state index in [1.165, 1.54) is 0 Å². The third kappa shape index (κ3) is 7.25. The molecule has 0 aliphatic carbocycles. The van der Waals surface area contributed by atoms with E-state index in [0.29, 0.717) is 0 Å². The summed E-state index contributed by atoms with van der Waals surface area (Å²) >= 11 is 0. The first-order valence-corrected chi connectivity index (χ1v) is 1.87. The molecule has 0 unspecified atom stereocenters. The van der Waals surface area contributed by atoms with Crippen LogP contribution in [-0.2, 0) is 4.79 Å². The van der Waals surface area contributed by atoms with Gasteiger partial charge < -0.3 is 10.8 Å². The highest BCUT2D eigenvalue weighted by Gasteiger charge is 1.98. The summed E-state index contributed by atoms with van der Waals surface area (Å²) in [5.74, 6) is -0.794. The maximum absolute atomic E-state index is 9.96. The van der Waals surface area contributed by atoms with Crippen LogP contribution in [0.1, 0.15) is 0 Å². The number of nitrogens with one attached hydrogen (secondary N) is 1. The molecule has 0 aromatic rings. The number of aliphatic hydroxyl groups is 1. The van der Waals surface area contributed by atoms with E-state index >= 15 is 0 Å². The standard InChI is InChI=1S/C3H6N2O3.H2S/c4-3(8)5-2(7)1-6;/h6H,1H2,(H3,4,5,7,8);1H2. The lowest BCUT2D eigenvalue weighted by molar-refractivity contribution is -0.122. The zero-order valence-corrected chi connectivity index (χ0v) is 5.55. The molecule has 4 N–H and O–H groups in total. The highest BCUT2D eigenvalue weighted by Crippen LogP contribution is 1.58. The molecule has 0 radical (unpaired) electrons. The van der Waals surface area contributed by atoms with Gasteiger partial charge in [0.2, 0.25) is 0 Å². The number of amides is 3. The lowest BCUT2D eigenvalue weighted by atomic mass is 10.6. The van der Waals surface area contributed by atoms with Crippen LogP contribution in [0, 0.1) is 0 Å². The molecule has 0 aliphatic rings. The summed E-state index contributed by atoms with van der Waals surface area (Å²) in [6.45, 7) is -0.719. The average molecular weight is 152 g/mol. The Labute approximate surface area is 58.7 Å². The van der Waals surface area contributed by atoms with E-state index in [4.69, 9.17) is 5.11 Å². The summed E-state index contributed by atoms with van der Waals surface area (Å²) in [5.41, 5.74) is 4.49. The molecule has 3 amide bonds. The normalized spacial score (nSPS) is 7.22. The van der Waals surface area contributed by atoms with E-state index in [1.807, 2.05) is 0 Å². The number of imide groups is 1. The zero-order valence-electron chi connectivity index (χ0n) is 4.55. The molecule has 0 fully saturated rings. The van der Waals surface area contributed by atoms with Crippen molar-refractivity contribution in [2.24, 2.45) is 5.73 Å². The van der Waals surface area contributed by atoms with Gasteiger partial charge in [-0.25, -0.2) is 4.79 Å². The third-order valence-corrected chi connectivity index (χ3v) is 0.406. The van der Waals surface area contributed by atoms with E-state index in [1.54, 1.807) is 5.32 Å². The molecule has 9 heavy (non-hydrogen) atoms. The number of hydrogen-bond donors (Lipinski definition) is 3. The topological polar surface area (TPSA) is 92.4 Å². The van der Waals surface area contributed by atoms with E-state index in [0.717, 1.165) is 0 Å². The van der Waals surface area contributed by atoms with Crippen LogP contribution in [-0.4, -0.2) is 23.7 Å². The van der Waals surface area contributed by atoms with E-state index in [-0.39, 0.29) is 13.5 Å². The van der Waals surface area contributed by atoms with Gasteiger partial charge in [-0.3, -0.25) is 10.1 Å². The molecule has 0 saturated carbocycles. The lowest BCUT2D eigenvalue weighted by Gasteiger charge is -1.92. The largest absolute Gasteiger partial charge is 0.387 e. The van der Waals surface area contributed by atoms with Gasteiger partial charge in [0.1, 0.15) is 6.61 Å². The van der Waals surface area contributed by atoms with Crippen molar-refractivity contribution >= 4 is 25.4 Å². The Morgan fingerprint density at radius 1 is 1.56 bits per heavy atom. The van der Waals surface area contributed by atoms with Gasteiger partial charge >= 0.3 is 6.03 Å². The lowest BCUT2D eigenvalue weighted by Crippen LogP contribution is -2.36. The first-order chi connectivity index (χ1) is 3.66. The molecule has 0 aromatic carbocycles. The van der Waals surface area contributed by atoms with Crippen LogP contribution in [0.25, 0.3) is 0 Å². The molecule has 0 spiro atoms. The molecule has 5 nitrogen and oxygen atoms in total. The fourth-order valence-corrected chi connectivity index (χ4v) is 0.177. The van der Waals surface area contributed by atoms with Crippen molar-refractivity contribution in [3.05, 3.63) is 0 Å². The first kappa shape index (κ1) is 11.1. The van der Waals surface area contributed by atoms with Crippen molar-refractivity contribution in [2.45, 2.75) is 0 Å². The smallest absolute Gasteiger partial charge is 0.318 e. The first-order valence-electron chi connectivity index (χ1n) is 1.87. The van der Waals surface area contributed by atoms with Gasteiger partial charge in [-0.2, -0.15) is 13.5 Å². The van der Waals surface area contributed by atoms with Crippen molar-refractivity contribution in [2.75, 3.05) is 6.61 Å². The minimum atomic E-state index is -0.955. The minimum Gasteiger partial charge on any atom is -0.387 e. The quantitative estimate of drug-likeness (QED) is 0.417. The molecule has 0 rings (SSSR count). The number of nitrogens with two attached hydrogens (primary N) is 1. The summed E-state index contributed by atoms with van der Waals surface area (Å²) in [4.78, 5) is 19.7. The van der Waals surface area contributed by atoms with Crippen LogP contribution in [0.3, 0.4) is 0 Å². The van der Waals surface area contributed by atoms with Crippen LogP contribution in [0.4, 0.5) is 4.79 Å². The number of rotatable bonds is 1. The van der Waals surface area contributed by atoms with Crippen LogP contribution < -0.4 is 11.1 Å². The highest BCUT2D eigenvalue weighted by molar-refractivity contribution is 7.59. The number of hydrogen-bond acceptors (Lipinski definition) is 3. The fourth-order valence-electron chi connectivity index (χ4n) is 0.177. The van der Waals surface area contributed by atoms with Gasteiger partial charge in [-0.15, -0.1) is 0 Å². The summed E-state index contributed by atoms with van der Waals surface area (Å²) in [5, 5.41) is 9.61. The van der Waals surface area contributed by atoms with E-state index < -0.39 is 18.5 Å². The molecule has 0 atom stereocenters. The van der Waals surface area contributed by atoms with Crippen molar-refractivity contribution < 1.29 is 14.7 Å². The molecule has 54 valence electrons. The number of urea groups is 1. The predicted octanol–water partition coefficient (Wildman–Crippen LogP) is -1.71. The zero-order chi connectivity index (χ0) is 6.57. The minimum absolute atomic E-state index is 0. The van der Waals surface area contributed by atoms with Crippen molar-refractivity contribution in [1.82, 2.24) is 5.32 Å². The Kier molecular flexibility index (Phi) is 6.65. The summed E-state index contributed by atoms with van der Waals surface area (Å²) in [7, 11) is 0. The Morgan fingerprint density at radius 3 is 2.11 bits per heavy atom.